The SMILES string of the molecule is COc1ccc(-c2cc(N3CCCN(C(=O)CCc4cccc(OC)c4)CC3)n[nH]2)cc1. The zero-order valence-corrected chi connectivity index (χ0v) is 18.7. The number of methoxy groups -OCH3 is 2. The Hall–Kier alpha value is -3.48. The quantitative estimate of drug-likeness (QED) is 0.613. The molecule has 0 radical (unpaired) electrons. The van der Waals surface area contributed by atoms with Gasteiger partial charge in [-0.25, -0.2) is 0 Å². The summed E-state index contributed by atoms with van der Waals surface area (Å²) in [6.45, 7) is 3.15. The molecule has 32 heavy (non-hydrogen) atoms. The average Bonchev–Trinajstić information content (AvgIpc) is 3.20. The van der Waals surface area contributed by atoms with Gasteiger partial charge in [0.1, 0.15) is 11.5 Å². The number of H-pyrrole nitrogens is 1. The lowest BCUT2D eigenvalue weighted by atomic mass is 10.1. The molecule has 2 heterocycles. The molecule has 1 fully saturated rings. The Morgan fingerprint density at radius 2 is 1.78 bits per heavy atom. The van der Waals surface area contributed by atoms with E-state index in [1.807, 2.05) is 53.4 Å². The molecule has 0 aliphatic carbocycles. The van der Waals surface area contributed by atoms with E-state index in [2.05, 4.69) is 21.2 Å². The van der Waals surface area contributed by atoms with E-state index in [0.717, 1.165) is 66.6 Å². The van der Waals surface area contributed by atoms with Crippen LogP contribution in [-0.4, -0.2) is 61.4 Å². The number of aryl methyl sites for hydroxylation is 1. The summed E-state index contributed by atoms with van der Waals surface area (Å²) in [5.41, 5.74) is 3.16. The molecular weight excluding hydrogens is 404 g/mol. The molecule has 0 saturated carbocycles. The Labute approximate surface area is 188 Å². The van der Waals surface area contributed by atoms with Crippen molar-refractivity contribution in [2.24, 2.45) is 0 Å². The van der Waals surface area contributed by atoms with Crippen LogP contribution in [0.15, 0.2) is 54.6 Å². The van der Waals surface area contributed by atoms with E-state index in [4.69, 9.17) is 9.47 Å². The summed E-state index contributed by atoms with van der Waals surface area (Å²) in [5, 5.41) is 7.65. The van der Waals surface area contributed by atoms with Gasteiger partial charge in [0.25, 0.3) is 0 Å². The number of hydrogen-bond acceptors (Lipinski definition) is 5. The van der Waals surface area contributed by atoms with Crippen molar-refractivity contribution < 1.29 is 14.3 Å². The number of rotatable bonds is 7. The molecule has 0 unspecified atom stereocenters. The molecule has 1 aliphatic heterocycles. The van der Waals surface area contributed by atoms with Gasteiger partial charge in [0, 0.05) is 38.7 Å². The number of benzene rings is 2. The normalized spacial score (nSPS) is 14.2. The van der Waals surface area contributed by atoms with Crippen molar-refractivity contribution in [3.8, 4) is 22.8 Å². The fourth-order valence-electron chi connectivity index (χ4n) is 4.02. The number of aromatic nitrogens is 2. The molecule has 3 aromatic rings. The largest absolute Gasteiger partial charge is 0.497 e. The van der Waals surface area contributed by atoms with Gasteiger partial charge in [-0.15, -0.1) is 0 Å². The first-order valence-corrected chi connectivity index (χ1v) is 11.0. The zero-order valence-electron chi connectivity index (χ0n) is 18.7. The number of anilines is 1. The van der Waals surface area contributed by atoms with Gasteiger partial charge in [0.15, 0.2) is 5.82 Å². The van der Waals surface area contributed by atoms with E-state index in [9.17, 15) is 4.79 Å². The Balaban J connectivity index is 1.32. The molecule has 1 saturated heterocycles. The Morgan fingerprint density at radius 3 is 2.56 bits per heavy atom. The lowest BCUT2D eigenvalue weighted by Gasteiger charge is -2.22. The molecule has 7 heteroatoms. The van der Waals surface area contributed by atoms with E-state index in [0.29, 0.717) is 13.0 Å². The maximum absolute atomic E-state index is 12.8. The van der Waals surface area contributed by atoms with E-state index < -0.39 is 0 Å². The fraction of sp³-hybridized carbons (Fsp3) is 0.360. The van der Waals surface area contributed by atoms with Crippen LogP contribution in [0.3, 0.4) is 0 Å². The molecular formula is C25H30N4O3. The molecule has 0 atom stereocenters. The van der Waals surface area contributed by atoms with Crippen molar-refractivity contribution in [2.45, 2.75) is 19.3 Å². The monoisotopic (exact) mass is 434 g/mol. The van der Waals surface area contributed by atoms with Gasteiger partial charge in [-0.1, -0.05) is 12.1 Å². The molecule has 1 aromatic heterocycles. The minimum atomic E-state index is 0.204. The minimum absolute atomic E-state index is 0.204. The summed E-state index contributed by atoms with van der Waals surface area (Å²) in [4.78, 5) is 17.0. The highest BCUT2D eigenvalue weighted by Gasteiger charge is 2.20. The predicted octanol–water partition coefficient (Wildman–Crippen LogP) is 3.77. The van der Waals surface area contributed by atoms with Gasteiger partial charge in [-0.05, 0) is 60.4 Å². The number of amides is 1. The Bertz CT molecular complexity index is 1030. The fourth-order valence-corrected chi connectivity index (χ4v) is 4.02. The number of aromatic amines is 1. The molecule has 1 amide bonds. The summed E-state index contributed by atoms with van der Waals surface area (Å²) in [5.74, 6) is 2.78. The third-order valence-corrected chi connectivity index (χ3v) is 5.90. The van der Waals surface area contributed by atoms with Crippen LogP contribution >= 0.6 is 0 Å². The number of carbonyl (C=O) groups excluding carboxylic acids is 1. The summed E-state index contributed by atoms with van der Waals surface area (Å²) in [6.07, 6.45) is 2.16. The van der Waals surface area contributed by atoms with Crippen molar-refractivity contribution in [3.05, 3.63) is 60.2 Å². The zero-order chi connectivity index (χ0) is 22.3. The third-order valence-electron chi connectivity index (χ3n) is 5.90. The Kier molecular flexibility index (Phi) is 6.94. The molecule has 2 aromatic carbocycles. The standard InChI is InChI=1S/C25H30N4O3/c1-31-21-10-8-20(9-11-21)23-18-24(27-26-23)28-13-4-14-29(16-15-28)25(30)12-7-19-5-3-6-22(17-19)32-2/h3,5-6,8-11,17-18H,4,7,12-16H2,1-2H3,(H,26,27). The summed E-state index contributed by atoms with van der Waals surface area (Å²) < 4.78 is 10.5. The van der Waals surface area contributed by atoms with Gasteiger partial charge in [-0.2, -0.15) is 5.10 Å². The topological polar surface area (TPSA) is 70.7 Å². The highest BCUT2D eigenvalue weighted by Crippen LogP contribution is 2.25. The van der Waals surface area contributed by atoms with Crippen LogP contribution in [0.1, 0.15) is 18.4 Å². The van der Waals surface area contributed by atoms with E-state index in [1.54, 1.807) is 14.2 Å². The summed E-state index contributed by atoms with van der Waals surface area (Å²) >= 11 is 0. The van der Waals surface area contributed by atoms with Crippen molar-refractivity contribution in [2.75, 3.05) is 45.3 Å². The maximum Gasteiger partial charge on any atom is 0.222 e. The first-order valence-electron chi connectivity index (χ1n) is 11.0. The number of nitrogens with one attached hydrogen (secondary N) is 1. The summed E-state index contributed by atoms with van der Waals surface area (Å²) in [6, 6.07) is 17.9. The summed E-state index contributed by atoms with van der Waals surface area (Å²) in [7, 11) is 3.32. The highest BCUT2D eigenvalue weighted by atomic mass is 16.5. The molecule has 1 N–H and O–H groups in total. The van der Waals surface area contributed by atoms with E-state index in [1.165, 1.54) is 0 Å². The van der Waals surface area contributed by atoms with Crippen LogP contribution in [0.2, 0.25) is 0 Å². The lowest BCUT2D eigenvalue weighted by molar-refractivity contribution is -0.130. The minimum Gasteiger partial charge on any atom is -0.497 e. The van der Waals surface area contributed by atoms with E-state index >= 15 is 0 Å². The van der Waals surface area contributed by atoms with Crippen molar-refractivity contribution in [1.29, 1.82) is 0 Å². The smallest absolute Gasteiger partial charge is 0.222 e. The lowest BCUT2D eigenvalue weighted by Crippen LogP contribution is -2.35. The van der Waals surface area contributed by atoms with Crippen LogP contribution in [0.5, 0.6) is 11.5 Å². The second-order valence-electron chi connectivity index (χ2n) is 7.94. The number of ether oxygens (including phenoxy) is 2. The van der Waals surface area contributed by atoms with Gasteiger partial charge in [0.2, 0.25) is 5.91 Å². The van der Waals surface area contributed by atoms with Gasteiger partial charge in [-0.3, -0.25) is 9.89 Å². The number of nitrogens with zero attached hydrogens (tertiary/aromatic N) is 3. The van der Waals surface area contributed by atoms with Crippen LogP contribution in [0, 0.1) is 0 Å². The van der Waals surface area contributed by atoms with Crippen molar-refractivity contribution in [1.82, 2.24) is 15.1 Å². The van der Waals surface area contributed by atoms with Crippen LogP contribution in [-0.2, 0) is 11.2 Å². The molecule has 168 valence electrons. The van der Waals surface area contributed by atoms with Crippen molar-refractivity contribution in [3.63, 3.8) is 0 Å². The highest BCUT2D eigenvalue weighted by molar-refractivity contribution is 5.76. The second kappa shape index (κ2) is 10.2. The predicted molar refractivity (Wildman–Crippen MR) is 125 cm³/mol. The molecule has 1 aliphatic rings. The van der Waals surface area contributed by atoms with Crippen LogP contribution < -0.4 is 14.4 Å². The number of carbonyl (C=O) groups is 1. The van der Waals surface area contributed by atoms with Gasteiger partial charge in [0.05, 0.1) is 19.9 Å². The molecule has 4 rings (SSSR count). The Morgan fingerprint density at radius 1 is 0.969 bits per heavy atom. The van der Waals surface area contributed by atoms with Gasteiger partial charge >= 0.3 is 0 Å². The van der Waals surface area contributed by atoms with Crippen LogP contribution in [0.4, 0.5) is 5.82 Å². The van der Waals surface area contributed by atoms with Gasteiger partial charge < -0.3 is 19.3 Å². The average molecular weight is 435 g/mol. The van der Waals surface area contributed by atoms with Crippen LogP contribution in [0.25, 0.3) is 11.3 Å². The van der Waals surface area contributed by atoms with E-state index in [-0.39, 0.29) is 5.91 Å². The maximum atomic E-state index is 12.8. The first-order chi connectivity index (χ1) is 15.7. The number of hydrogen-bond donors (Lipinski definition) is 1. The third kappa shape index (κ3) is 5.22. The molecule has 0 bridgehead atoms. The first kappa shape index (κ1) is 21.7. The second-order valence-corrected chi connectivity index (χ2v) is 7.94. The molecule has 7 nitrogen and oxygen atoms in total. The molecule has 0 spiro atoms. The van der Waals surface area contributed by atoms with Crippen molar-refractivity contribution >= 4 is 11.7 Å².